The zero-order valence-corrected chi connectivity index (χ0v) is 18.2. The number of rotatable bonds is 10. The first-order valence-electron chi connectivity index (χ1n) is 10.8. The zero-order chi connectivity index (χ0) is 21.3. The van der Waals surface area contributed by atoms with Crippen LogP contribution in [-0.2, 0) is 6.54 Å². The largest absolute Gasteiger partial charge is 0.490 e. The SMILES string of the molecule is CCOc1cc(C(=O)Nc2cccc(CN3CCCC3)c2)cc(OCC)c1OCC. The summed E-state index contributed by atoms with van der Waals surface area (Å²) in [5, 5.41) is 3.00. The molecule has 1 N–H and O–H groups in total. The third-order valence-corrected chi connectivity index (χ3v) is 4.96. The zero-order valence-electron chi connectivity index (χ0n) is 18.2. The van der Waals surface area contributed by atoms with Gasteiger partial charge in [-0.25, -0.2) is 0 Å². The molecule has 0 unspecified atom stereocenters. The Hall–Kier alpha value is -2.73. The summed E-state index contributed by atoms with van der Waals surface area (Å²) in [6, 6.07) is 11.5. The Balaban J connectivity index is 1.80. The summed E-state index contributed by atoms with van der Waals surface area (Å²) in [5.74, 6) is 1.35. The number of likely N-dealkylation sites (tertiary alicyclic amines) is 1. The lowest BCUT2D eigenvalue weighted by Gasteiger charge is -2.17. The van der Waals surface area contributed by atoms with Crippen molar-refractivity contribution in [3.8, 4) is 17.2 Å². The van der Waals surface area contributed by atoms with E-state index in [2.05, 4.69) is 16.3 Å². The van der Waals surface area contributed by atoms with Crippen molar-refractivity contribution in [2.24, 2.45) is 0 Å². The van der Waals surface area contributed by atoms with Gasteiger partial charge in [0.15, 0.2) is 11.5 Å². The normalized spacial score (nSPS) is 13.8. The number of nitrogens with one attached hydrogen (secondary N) is 1. The van der Waals surface area contributed by atoms with Gasteiger partial charge in [0.1, 0.15) is 0 Å². The molecule has 3 rings (SSSR count). The molecule has 0 radical (unpaired) electrons. The number of anilines is 1. The van der Waals surface area contributed by atoms with Crippen molar-refractivity contribution in [2.45, 2.75) is 40.2 Å². The van der Waals surface area contributed by atoms with Crippen LogP contribution >= 0.6 is 0 Å². The predicted molar refractivity (Wildman–Crippen MR) is 119 cm³/mol. The second-order valence-electron chi connectivity index (χ2n) is 7.24. The minimum absolute atomic E-state index is 0.210. The highest BCUT2D eigenvalue weighted by molar-refractivity contribution is 6.05. The molecular weight excluding hydrogens is 380 g/mol. The van der Waals surface area contributed by atoms with Crippen LogP contribution in [0, 0.1) is 0 Å². The Morgan fingerprint density at radius 1 is 0.933 bits per heavy atom. The molecule has 0 aliphatic carbocycles. The Bertz CT molecular complexity index is 820. The van der Waals surface area contributed by atoms with Crippen molar-refractivity contribution in [1.29, 1.82) is 0 Å². The third kappa shape index (κ3) is 5.66. The molecule has 1 aliphatic rings. The highest BCUT2D eigenvalue weighted by Crippen LogP contribution is 2.39. The van der Waals surface area contributed by atoms with Crippen LogP contribution in [0.1, 0.15) is 49.5 Å². The minimum atomic E-state index is -0.210. The average molecular weight is 413 g/mol. The molecular formula is C24H32N2O4. The van der Waals surface area contributed by atoms with Crippen LogP contribution in [0.15, 0.2) is 36.4 Å². The molecule has 30 heavy (non-hydrogen) atoms. The van der Waals surface area contributed by atoms with Crippen molar-refractivity contribution in [3.63, 3.8) is 0 Å². The molecule has 0 saturated carbocycles. The van der Waals surface area contributed by atoms with Crippen LogP contribution in [0.5, 0.6) is 17.2 Å². The van der Waals surface area contributed by atoms with Crippen LogP contribution in [0.25, 0.3) is 0 Å². The van der Waals surface area contributed by atoms with Gasteiger partial charge in [-0.15, -0.1) is 0 Å². The van der Waals surface area contributed by atoms with Crippen LogP contribution in [0.3, 0.4) is 0 Å². The maximum absolute atomic E-state index is 13.0. The van der Waals surface area contributed by atoms with E-state index >= 15 is 0 Å². The molecule has 1 saturated heterocycles. The second kappa shape index (κ2) is 10.9. The fourth-order valence-electron chi connectivity index (χ4n) is 3.67. The summed E-state index contributed by atoms with van der Waals surface area (Å²) in [6.07, 6.45) is 2.52. The van der Waals surface area contributed by atoms with Gasteiger partial charge in [0.05, 0.1) is 19.8 Å². The Kier molecular flexibility index (Phi) is 7.97. The van der Waals surface area contributed by atoms with Gasteiger partial charge in [-0.2, -0.15) is 0 Å². The lowest BCUT2D eigenvalue weighted by Crippen LogP contribution is -2.18. The fourth-order valence-corrected chi connectivity index (χ4v) is 3.67. The van der Waals surface area contributed by atoms with E-state index in [4.69, 9.17) is 14.2 Å². The van der Waals surface area contributed by atoms with Crippen LogP contribution < -0.4 is 19.5 Å². The lowest BCUT2D eigenvalue weighted by molar-refractivity contribution is 0.102. The van der Waals surface area contributed by atoms with Gasteiger partial charge in [-0.1, -0.05) is 12.1 Å². The molecule has 1 amide bonds. The van der Waals surface area contributed by atoms with Gasteiger partial charge < -0.3 is 19.5 Å². The minimum Gasteiger partial charge on any atom is -0.490 e. The first-order valence-corrected chi connectivity index (χ1v) is 10.8. The molecule has 2 aromatic carbocycles. The van der Waals surface area contributed by atoms with Gasteiger partial charge >= 0.3 is 0 Å². The van der Waals surface area contributed by atoms with Gasteiger partial charge in [0.25, 0.3) is 5.91 Å². The molecule has 0 atom stereocenters. The van der Waals surface area contributed by atoms with E-state index in [1.165, 1.54) is 18.4 Å². The fraction of sp³-hybridized carbons (Fsp3) is 0.458. The topological polar surface area (TPSA) is 60.0 Å². The van der Waals surface area contributed by atoms with Crippen LogP contribution in [0.2, 0.25) is 0 Å². The van der Waals surface area contributed by atoms with Crippen molar-refractivity contribution < 1.29 is 19.0 Å². The Morgan fingerprint density at radius 2 is 1.57 bits per heavy atom. The molecule has 1 fully saturated rings. The van der Waals surface area contributed by atoms with E-state index in [0.29, 0.717) is 42.6 Å². The van der Waals surface area contributed by atoms with E-state index in [9.17, 15) is 4.79 Å². The van der Waals surface area contributed by atoms with E-state index in [-0.39, 0.29) is 5.91 Å². The monoisotopic (exact) mass is 412 g/mol. The van der Waals surface area contributed by atoms with Crippen molar-refractivity contribution in [3.05, 3.63) is 47.5 Å². The summed E-state index contributed by atoms with van der Waals surface area (Å²) in [5.41, 5.74) is 2.45. The van der Waals surface area contributed by atoms with Crippen molar-refractivity contribution in [2.75, 3.05) is 38.2 Å². The standard InChI is InChI=1S/C24H32N2O4/c1-4-28-21-15-19(16-22(29-5-2)23(21)30-6-3)24(27)25-20-11-9-10-18(14-20)17-26-12-7-8-13-26/h9-11,14-16H,4-8,12-13,17H2,1-3H3,(H,25,27). The average Bonchev–Trinajstić information content (AvgIpc) is 3.24. The maximum Gasteiger partial charge on any atom is 0.255 e. The summed E-state index contributed by atoms with van der Waals surface area (Å²) in [4.78, 5) is 15.4. The predicted octanol–water partition coefficient (Wildman–Crippen LogP) is 4.73. The van der Waals surface area contributed by atoms with Gasteiger partial charge in [0, 0.05) is 17.8 Å². The molecule has 0 spiro atoms. The molecule has 162 valence electrons. The highest BCUT2D eigenvalue weighted by atomic mass is 16.5. The molecule has 6 heteroatoms. The van der Waals surface area contributed by atoms with Crippen LogP contribution in [0.4, 0.5) is 5.69 Å². The Labute approximate surface area is 179 Å². The number of amides is 1. The number of carbonyl (C=O) groups excluding carboxylic acids is 1. The molecule has 0 bridgehead atoms. The molecule has 1 heterocycles. The summed E-state index contributed by atoms with van der Waals surface area (Å²) in [6.45, 7) is 10.3. The van der Waals surface area contributed by atoms with Crippen molar-refractivity contribution in [1.82, 2.24) is 4.90 Å². The number of nitrogens with zero attached hydrogens (tertiary/aromatic N) is 1. The quantitative estimate of drug-likeness (QED) is 0.611. The first-order chi connectivity index (χ1) is 14.6. The number of benzene rings is 2. The second-order valence-corrected chi connectivity index (χ2v) is 7.24. The number of ether oxygens (including phenoxy) is 3. The van der Waals surface area contributed by atoms with Crippen LogP contribution in [-0.4, -0.2) is 43.7 Å². The number of hydrogen-bond acceptors (Lipinski definition) is 5. The van der Waals surface area contributed by atoms with E-state index < -0.39 is 0 Å². The van der Waals surface area contributed by atoms with Gasteiger partial charge in [-0.3, -0.25) is 9.69 Å². The first kappa shape index (κ1) is 22.0. The maximum atomic E-state index is 13.0. The Morgan fingerprint density at radius 3 is 2.17 bits per heavy atom. The summed E-state index contributed by atoms with van der Waals surface area (Å²) < 4.78 is 17.2. The molecule has 2 aromatic rings. The van der Waals surface area contributed by atoms with Crippen molar-refractivity contribution >= 4 is 11.6 Å². The molecule has 6 nitrogen and oxygen atoms in total. The lowest BCUT2D eigenvalue weighted by atomic mass is 10.1. The third-order valence-electron chi connectivity index (χ3n) is 4.96. The molecule has 1 aliphatic heterocycles. The van der Waals surface area contributed by atoms with Gasteiger partial charge in [-0.05, 0) is 76.5 Å². The summed E-state index contributed by atoms with van der Waals surface area (Å²) in [7, 11) is 0. The summed E-state index contributed by atoms with van der Waals surface area (Å²) >= 11 is 0. The number of carbonyl (C=O) groups is 1. The highest BCUT2D eigenvalue weighted by Gasteiger charge is 2.19. The van der Waals surface area contributed by atoms with E-state index in [1.54, 1.807) is 12.1 Å². The van der Waals surface area contributed by atoms with E-state index in [0.717, 1.165) is 25.3 Å². The van der Waals surface area contributed by atoms with E-state index in [1.807, 2.05) is 39.0 Å². The number of hydrogen-bond donors (Lipinski definition) is 1. The smallest absolute Gasteiger partial charge is 0.255 e. The van der Waals surface area contributed by atoms with Gasteiger partial charge in [0.2, 0.25) is 5.75 Å². The molecule has 0 aromatic heterocycles.